The SMILES string of the molecule is CCCCCNc1cncc(C(=O)N(CC)CC)c1. The Morgan fingerprint density at radius 1 is 1.21 bits per heavy atom. The first kappa shape index (κ1) is 15.5. The molecule has 1 amide bonds. The molecule has 1 aromatic rings. The molecule has 1 rings (SSSR count). The minimum absolute atomic E-state index is 0.0507. The number of nitrogens with one attached hydrogen (secondary N) is 1. The molecule has 19 heavy (non-hydrogen) atoms. The summed E-state index contributed by atoms with van der Waals surface area (Å²) in [6.07, 6.45) is 6.98. The van der Waals surface area contributed by atoms with E-state index >= 15 is 0 Å². The minimum Gasteiger partial charge on any atom is -0.384 e. The van der Waals surface area contributed by atoms with Crippen LogP contribution in [-0.2, 0) is 0 Å². The van der Waals surface area contributed by atoms with Crippen molar-refractivity contribution in [2.24, 2.45) is 0 Å². The first-order valence-corrected chi connectivity index (χ1v) is 7.21. The molecular weight excluding hydrogens is 238 g/mol. The fourth-order valence-electron chi connectivity index (χ4n) is 1.95. The van der Waals surface area contributed by atoms with Crippen molar-refractivity contribution < 1.29 is 4.79 Å². The molecule has 0 aliphatic rings. The number of amides is 1. The number of carbonyl (C=O) groups excluding carboxylic acids is 1. The molecule has 0 bridgehead atoms. The smallest absolute Gasteiger partial charge is 0.255 e. The first-order chi connectivity index (χ1) is 9.22. The summed E-state index contributed by atoms with van der Waals surface area (Å²) < 4.78 is 0. The van der Waals surface area contributed by atoms with E-state index in [1.807, 2.05) is 19.9 Å². The molecule has 0 aromatic carbocycles. The Morgan fingerprint density at radius 3 is 2.58 bits per heavy atom. The number of unbranched alkanes of at least 4 members (excludes halogenated alkanes) is 2. The zero-order valence-electron chi connectivity index (χ0n) is 12.3. The highest BCUT2D eigenvalue weighted by Crippen LogP contribution is 2.11. The van der Waals surface area contributed by atoms with Gasteiger partial charge in [-0.15, -0.1) is 0 Å². The lowest BCUT2D eigenvalue weighted by Gasteiger charge is -2.18. The minimum atomic E-state index is 0.0507. The molecule has 0 saturated carbocycles. The van der Waals surface area contributed by atoms with E-state index in [0.717, 1.165) is 31.7 Å². The van der Waals surface area contributed by atoms with Crippen molar-refractivity contribution in [3.63, 3.8) is 0 Å². The van der Waals surface area contributed by atoms with E-state index in [2.05, 4.69) is 17.2 Å². The molecule has 0 radical (unpaired) electrons. The van der Waals surface area contributed by atoms with Gasteiger partial charge in [0.25, 0.3) is 5.91 Å². The standard InChI is InChI=1S/C15H25N3O/c1-4-7-8-9-17-14-10-13(11-16-12-14)15(19)18(5-2)6-3/h10-12,17H,4-9H2,1-3H3. The molecule has 0 aliphatic heterocycles. The maximum absolute atomic E-state index is 12.2. The maximum Gasteiger partial charge on any atom is 0.255 e. The van der Waals surface area contributed by atoms with Gasteiger partial charge in [-0.1, -0.05) is 19.8 Å². The number of carbonyl (C=O) groups is 1. The molecule has 0 aliphatic carbocycles. The topological polar surface area (TPSA) is 45.2 Å². The number of nitrogens with zero attached hydrogens (tertiary/aromatic N) is 2. The van der Waals surface area contributed by atoms with Crippen molar-refractivity contribution in [3.05, 3.63) is 24.0 Å². The van der Waals surface area contributed by atoms with Gasteiger partial charge < -0.3 is 10.2 Å². The van der Waals surface area contributed by atoms with Crippen LogP contribution in [0.25, 0.3) is 0 Å². The summed E-state index contributed by atoms with van der Waals surface area (Å²) >= 11 is 0. The second-order valence-corrected chi connectivity index (χ2v) is 4.57. The van der Waals surface area contributed by atoms with E-state index in [0.29, 0.717) is 5.56 Å². The fraction of sp³-hybridized carbons (Fsp3) is 0.600. The number of hydrogen-bond acceptors (Lipinski definition) is 3. The predicted octanol–water partition coefficient (Wildman–Crippen LogP) is 3.17. The second-order valence-electron chi connectivity index (χ2n) is 4.57. The molecule has 1 aromatic heterocycles. The molecule has 0 atom stereocenters. The van der Waals surface area contributed by atoms with Gasteiger partial charge in [0.15, 0.2) is 0 Å². The van der Waals surface area contributed by atoms with E-state index in [9.17, 15) is 4.79 Å². The van der Waals surface area contributed by atoms with Gasteiger partial charge in [0.1, 0.15) is 0 Å². The van der Waals surface area contributed by atoms with Crippen molar-refractivity contribution in [1.82, 2.24) is 9.88 Å². The Bertz CT molecular complexity index is 389. The molecule has 0 fully saturated rings. The van der Waals surface area contributed by atoms with Gasteiger partial charge in [-0.25, -0.2) is 0 Å². The average Bonchev–Trinajstić information content (AvgIpc) is 2.45. The largest absolute Gasteiger partial charge is 0.384 e. The van der Waals surface area contributed by atoms with Crippen LogP contribution in [0.1, 0.15) is 50.4 Å². The number of aromatic nitrogens is 1. The van der Waals surface area contributed by atoms with Gasteiger partial charge >= 0.3 is 0 Å². The van der Waals surface area contributed by atoms with Crippen LogP contribution in [0.3, 0.4) is 0 Å². The van der Waals surface area contributed by atoms with Crippen molar-refractivity contribution in [2.75, 3.05) is 25.0 Å². The summed E-state index contributed by atoms with van der Waals surface area (Å²) in [5.74, 6) is 0.0507. The molecule has 4 heteroatoms. The second kappa shape index (κ2) is 8.51. The van der Waals surface area contributed by atoms with E-state index < -0.39 is 0 Å². The third-order valence-corrected chi connectivity index (χ3v) is 3.15. The van der Waals surface area contributed by atoms with Crippen LogP contribution in [0, 0.1) is 0 Å². The van der Waals surface area contributed by atoms with Gasteiger partial charge in [-0.3, -0.25) is 9.78 Å². The summed E-state index contributed by atoms with van der Waals surface area (Å²) in [4.78, 5) is 18.1. The van der Waals surface area contributed by atoms with E-state index in [1.165, 1.54) is 12.8 Å². The number of anilines is 1. The lowest BCUT2D eigenvalue weighted by molar-refractivity contribution is 0.0772. The maximum atomic E-state index is 12.2. The lowest BCUT2D eigenvalue weighted by atomic mass is 10.2. The third-order valence-electron chi connectivity index (χ3n) is 3.15. The molecule has 0 spiro atoms. The van der Waals surface area contributed by atoms with Crippen LogP contribution < -0.4 is 5.32 Å². The van der Waals surface area contributed by atoms with Crippen LogP contribution in [0.15, 0.2) is 18.5 Å². The zero-order valence-corrected chi connectivity index (χ0v) is 12.3. The summed E-state index contributed by atoms with van der Waals surface area (Å²) in [5, 5.41) is 3.32. The normalized spacial score (nSPS) is 10.3. The van der Waals surface area contributed by atoms with Gasteiger partial charge in [-0.05, 0) is 26.3 Å². The molecule has 1 heterocycles. The molecular formula is C15H25N3O. The van der Waals surface area contributed by atoms with Gasteiger partial charge in [0, 0.05) is 32.0 Å². The van der Waals surface area contributed by atoms with Crippen LogP contribution >= 0.6 is 0 Å². The number of pyridine rings is 1. The van der Waals surface area contributed by atoms with Crippen molar-refractivity contribution >= 4 is 11.6 Å². The van der Waals surface area contributed by atoms with E-state index in [1.54, 1.807) is 17.3 Å². The van der Waals surface area contributed by atoms with Gasteiger partial charge in [0.05, 0.1) is 11.3 Å². The molecule has 106 valence electrons. The Morgan fingerprint density at radius 2 is 1.95 bits per heavy atom. The van der Waals surface area contributed by atoms with Crippen LogP contribution in [0.4, 0.5) is 5.69 Å². The molecule has 1 N–H and O–H groups in total. The summed E-state index contributed by atoms with van der Waals surface area (Å²) in [6.45, 7) is 8.54. The Hall–Kier alpha value is -1.58. The highest BCUT2D eigenvalue weighted by Gasteiger charge is 2.12. The highest BCUT2D eigenvalue weighted by molar-refractivity contribution is 5.94. The highest BCUT2D eigenvalue weighted by atomic mass is 16.2. The predicted molar refractivity (Wildman–Crippen MR) is 79.5 cm³/mol. The number of rotatable bonds is 8. The van der Waals surface area contributed by atoms with E-state index in [4.69, 9.17) is 0 Å². The van der Waals surface area contributed by atoms with Crippen LogP contribution in [-0.4, -0.2) is 35.4 Å². The molecule has 0 saturated heterocycles. The summed E-state index contributed by atoms with van der Waals surface area (Å²) in [5.41, 5.74) is 1.58. The Labute approximate surface area is 116 Å². The van der Waals surface area contributed by atoms with Crippen molar-refractivity contribution in [3.8, 4) is 0 Å². The van der Waals surface area contributed by atoms with Crippen LogP contribution in [0.5, 0.6) is 0 Å². The molecule has 0 unspecified atom stereocenters. The third kappa shape index (κ3) is 4.89. The van der Waals surface area contributed by atoms with Gasteiger partial charge in [0.2, 0.25) is 0 Å². The zero-order chi connectivity index (χ0) is 14.1. The lowest BCUT2D eigenvalue weighted by Crippen LogP contribution is -2.30. The number of hydrogen-bond donors (Lipinski definition) is 1. The average molecular weight is 263 g/mol. The first-order valence-electron chi connectivity index (χ1n) is 7.21. The van der Waals surface area contributed by atoms with Crippen molar-refractivity contribution in [1.29, 1.82) is 0 Å². The van der Waals surface area contributed by atoms with Crippen LogP contribution in [0.2, 0.25) is 0 Å². The van der Waals surface area contributed by atoms with Crippen molar-refractivity contribution in [2.45, 2.75) is 40.0 Å². The summed E-state index contributed by atoms with van der Waals surface area (Å²) in [7, 11) is 0. The molecule has 4 nitrogen and oxygen atoms in total. The van der Waals surface area contributed by atoms with E-state index in [-0.39, 0.29) is 5.91 Å². The summed E-state index contributed by atoms with van der Waals surface area (Å²) in [6, 6.07) is 1.89. The fourth-order valence-corrected chi connectivity index (χ4v) is 1.95. The Balaban J connectivity index is 2.63. The monoisotopic (exact) mass is 263 g/mol. The van der Waals surface area contributed by atoms with Gasteiger partial charge in [-0.2, -0.15) is 0 Å². The Kier molecular flexibility index (Phi) is 6.93. The quantitative estimate of drug-likeness (QED) is 0.733.